The summed E-state index contributed by atoms with van der Waals surface area (Å²) in [5.41, 5.74) is 1.14. The summed E-state index contributed by atoms with van der Waals surface area (Å²) in [6.45, 7) is 3.81. The minimum atomic E-state index is 0.204. The van der Waals surface area contributed by atoms with Crippen LogP contribution in [0.4, 0.5) is 5.82 Å². The zero-order valence-corrected chi connectivity index (χ0v) is 11.0. The second-order valence-electron chi connectivity index (χ2n) is 4.03. The predicted octanol–water partition coefficient (Wildman–Crippen LogP) is 1.55. The van der Waals surface area contributed by atoms with Crippen molar-refractivity contribution in [3.8, 4) is 0 Å². The van der Waals surface area contributed by atoms with Gasteiger partial charge >= 0.3 is 0 Å². The SMILES string of the molecule is CO[C@H]1CNCC1Nc1ncc(C)cc1Br. The van der Waals surface area contributed by atoms with Crippen molar-refractivity contribution >= 4 is 21.7 Å². The molecule has 1 fully saturated rings. The summed E-state index contributed by atoms with van der Waals surface area (Å²) < 4.78 is 6.39. The van der Waals surface area contributed by atoms with Crippen LogP contribution in [-0.2, 0) is 4.74 Å². The first-order valence-electron chi connectivity index (χ1n) is 5.33. The van der Waals surface area contributed by atoms with Crippen LogP contribution in [0.2, 0.25) is 0 Å². The van der Waals surface area contributed by atoms with E-state index in [9.17, 15) is 0 Å². The Morgan fingerprint density at radius 3 is 3.06 bits per heavy atom. The molecule has 1 unspecified atom stereocenters. The summed E-state index contributed by atoms with van der Waals surface area (Å²) in [4.78, 5) is 4.37. The Labute approximate surface area is 104 Å². The van der Waals surface area contributed by atoms with Gasteiger partial charge in [0.25, 0.3) is 0 Å². The van der Waals surface area contributed by atoms with Crippen molar-refractivity contribution in [1.29, 1.82) is 0 Å². The summed E-state index contributed by atoms with van der Waals surface area (Å²) in [5.74, 6) is 0.876. The Kier molecular flexibility index (Phi) is 3.78. The molecule has 2 rings (SSSR count). The quantitative estimate of drug-likeness (QED) is 0.885. The molecule has 1 aromatic rings. The van der Waals surface area contributed by atoms with Crippen molar-refractivity contribution in [1.82, 2.24) is 10.3 Å². The molecular weight excluding hydrogens is 270 g/mol. The fraction of sp³-hybridized carbons (Fsp3) is 0.545. The van der Waals surface area contributed by atoms with Gasteiger partial charge in [0.2, 0.25) is 0 Å². The van der Waals surface area contributed by atoms with E-state index in [0.29, 0.717) is 0 Å². The van der Waals surface area contributed by atoms with Gasteiger partial charge in [-0.25, -0.2) is 4.98 Å². The van der Waals surface area contributed by atoms with Gasteiger partial charge in [-0.1, -0.05) is 0 Å². The smallest absolute Gasteiger partial charge is 0.140 e. The molecule has 0 aromatic carbocycles. The molecule has 88 valence electrons. The van der Waals surface area contributed by atoms with E-state index in [2.05, 4.69) is 37.6 Å². The van der Waals surface area contributed by atoms with Crippen molar-refractivity contribution < 1.29 is 4.74 Å². The van der Waals surface area contributed by atoms with E-state index in [1.54, 1.807) is 7.11 Å². The van der Waals surface area contributed by atoms with Gasteiger partial charge < -0.3 is 15.4 Å². The summed E-state index contributed by atoms with van der Waals surface area (Å²) in [6, 6.07) is 2.33. The lowest BCUT2D eigenvalue weighted by Crippen LogP contribution is -2.34. The summed E-state index contributed by atoms with van der Waals surface area (Å²) in [5, 5.41) is 6.69. The molecule has 0 radical (unpaired) electrons. The molecule has 2 N–H and O–H groups in total. The van der Waals surface area contributed by atoms with Gasteiger partial charge in [0.15, 0.2) is 0 Å². The van der Waals surface area contributed by atoms with Crippen molar-refractivity contribution in [2.45, 2.75) is 19.1 Å². The summed E-state index contributed by atoms with van der Waals surface area (Å²) in [7, 11) is 1.74. The molecule has 1 aliphatic heterocycles. The number of aryl methyl sites for hydroxylation is 1. The topological polar surface area (TPSA) is 46.2 Å². The number of aromatic nitrogens is 1. The van der Waals surface area contributed by atoms with E-state index < -0.39 is 0 Å². The Morgan fingerprint density at radius 2 is 2.38 bits per heavy atom. The first-order chi connectivity index (χ1) is 7.70. The van der Waals surface area contributed by atoms with E-state index in [4.69, 9.17) is 4.74 Å². The number of ether oxygens (including phenoxy) is 1. The van der Waals surface area contributed by atoms with Crippen molar-refractivity contribution in [2.24, 2.45) is 0 Å². The Balaban J connectivity index is 2.08. The third-order valence-corrected chi connectivity index (χ3v) is 3.37. The van der Waals surface area contributed by atoms with Gasteiger partial charge in [0, 0.05) is 26.4 Å². The number of nitrogens with one attached hydrogen (secondary N) is 2. The van der Waals surface area contributed by atoms with Crippen LogP contribution in [0.1, 0.15) is 5.56 Å². The number of hydrogen-bond donors (Lipinski definition) is 2. The molecule has 0 bridgehead atoms. The normalized spacial score (nSPS) is 24.7. The highest BCUT2D eigenvalue weighted by Gasteiger charge is 2.27. The molecule has 1 saturated heterocycles. The highest BCUT2D eigenvalue weighted by atomic mass is 79.9. The van der Waals surface area contributed by atoms with Crippen LogP contribution in [0, 0.1) is 6.92 Å². The zero-order chi connectivity index (χ0) is 11.5. The fourth-order valence-electron chi connectivity index (χ4n) is 1.86. The minimum Gasteiger partial charge on any atom is -0.378 e. The number of hydrogen-bond acceptors (Lipinski definition) is 4. The Morgan fingerprint density at radius 1 is 1.56 bits per heavy atom. The number of rotatable bonds is 3. The van der Waals surface area contributed by atoms with E-state index in [1.807, 2.05) is 13.1 Å². The van der Waals surface area contributed by atoms with Crippen LogP contribution >= 0.6 is 15.9 Å². The molecule has 2 heterocycles. The second kappa shape index (κ2) is 5.12. The molecule has 1 aromatic heterocycles. The number of halogens is 1. The third kappa shape index (κ3) is 2.53. The van der Waals surface area contributed by atoms with E-state index in [1.165, 1.54) is 0 Å². The molecule has 1 aliphatic rings. The van der Waals surface area contributed by atoms with Crippen LogP contribution in [0.15, 0.2) is 16.7 Å². The number of anilines is 1. The molecule has 5 heteroatoms. The molecule has 4 nitrogen and oxygen atoms in total. The van der Waals surface area contributed by atoms with Crippen molar-refractivity contribution in [2.75, 3.05) is 25.5 Å². The Bertz CT molecular complexity index is 372. The van der Waals surface area contributed by atoms with Crippen molar-refractivity contribution in [3.05, 3.63) is 22.3 Å². The number of methoxy groups -OCH3 is 1. The van der Waals surface area contributed by atoms with Gasteiger partial charge in [-0.2, -0.15) is 0 Å². The maximum absolute atomic E-state index is 5.39. The molecular formula is C11H16BrN3O. The van der Waals surface area contributed by atoms with E-state index in [-0.39, 0.29) is 12.1 Å². The maximum Gasteiger partial charge on any atom is 0.140 e. The standard InChI is InChI=1S/C11H16BrN3O/c1-7-3-8(12)11(14-4-7)15-9-5-13-6-10(9)16-2/h3-4,9-10,13H,5-6H2,1-2H3,(H,14,15)/t9?,10-/m0/s1. The monoisotopic (exact) mass is 285 g/mol. The van der Waals surface area contributed by atoms with Crippen LogP contribution in [-0.4, -0.2) is 37.3 Å². The van der Waals surface area contributed by atoms with Crippen LogP contribution in [0.3, 0.4) is 0 Å². The minimum absolute atomic E-state index is 0.204. The van der Waals surface area contributed by atoms with Crippen LogP contribution in [0.25, 0.3) is 0 Å². The molecule has 0 amide bonds. The van der Waals surface area contributed by atoms with Gasteiger partial charge in [-0.15, -0.1) is 0 Å². The first-order valence-corrected chi connectivity index (χ1v) is 6.12. The van der Waals surface area contributed by atoms with Gasteiger partial charge in [0.05, 0.1) is 16.6 Å². The maximum atomic E-state index is 5.39. The second-order valence-corrected chi connectivity index (χ2v) is 4.88. The van der Waals surface area contributed by atoms with Gasteiger partial charge in [-0.05, 0) is 34.5 Å². The van der Waals surface area contributed by atoms with E-state index >= 15 is 0 Å². The number of nitrogens with zero attached hydrogens (tertiary/aromatic N) is 1. The number of pyridine rings is 1. The predicted molar refractivity (Wildman–Crippen MR) is 67.8 cm³/mol. The lowest BCUT2D eigenvalue weighted by atomic mass is 10.2. The third-order valence-electron chi connectivity index (χ3n) is 2.76. The lowest BCUT2D eigenvalue weighted by molar-refractivity contribution is 0.111. The highest BCUT2D eigenvalue weighted by molar-refractivity contribution is 9.10. The molecule has 0 spiro atoms. The lowest BCUT2D eigenvalue weighted by Gasteiger charge is -2.19. The van der Waals surface area contributed by atoms with Crippen LogP contribution in [0.5, 0.6) is 0 Å². The highest BCUT2D eigenvalue weighted by Crippen LogP contribution is 2.22. The molecule has 0 aliphatic carbocycles. The molecule has 16 heavy (non-hydrogen) atoms. The average molecular weight is 286 g/mol. The van der Waals surface area contributed by atoms with E-state index in [0.717, 1.165) is 28.9 Å². The first kappa shape index (κ1) is 11.8. The van der Waals surface area contributed by atoms with Gasteiger partial charge in [-0.3, -0.25) is 0 Å². The molecule has 0 saturated carbocycles. The average Bonchev–Trinajstić information content (AvgIpc) is 2.69. The largest absolute Gasteiger partial charge is 0.378 e. The zero-order valence-electron chi connectivity index (χ0n) is 9.46. The summed E-state index contributed by atoms with van der Waals surface area (Å²) in [6.07, 6.45) is 2.06. The summed E-state index contributed by atoms with van der Waals surface area (Å²) >= 11 is 3.51. The van der Waals surface area contributed by atoms with Crippen molar-refractivity contribution in [3.63, 3.8) is 0 Å². The Hall–Kier alpha value is -0.650. The van der Waals surface area contributed by atoms with Crippen LogP contribution < -0.4 is 10.6 Å². The fourth-order valence-corrected chi connectivity index (χ4v) is 2.44. The van der Waals surface area contributed by atoms with Gasteiger partial charge in [0.1, 0.15) is 5.82 Å². The molecule has 2 atom stereocenters.